The molecule has 1 fully saturated rings. The Morgan fingerprint density at radius 3 is 2.33 bits per heavy atom. The van der Waals surface area contributed by atoms with Crippen LogP contribution < -0.4 is 20.7 Å². The van der Waals surface area contributed by atoms with Gasteiger partial charge in [0.05, 0.1) is 17.1 Å². The van der Waals surface area contributed by atoms with Crippen LogP contribution in [-0.4, -0.2) is 51.1 Å². The molecule has 0 bridgehead atoms. The number of rotatable bonds is 7. The van der Waals surface area contributed by atoms with E-state index in [1.165, 1.54) is 0 Å². The first-order chi connectivity index (χ1) is 22.2. The molecule has 1 aliphatic rings. The number of amides is 4. The summed E-state index contributed by atoms with van der Waals surface area (Å²) in [6.07, 6.45) is 5.66. The summed E-state index contributed by atoms with van der Waals surface area (Å²) in [6, 6.07) is 24.2. The molecule has 3 N–H and O–H groups in total. The number of thioether (sulfide) groups is 1. The minimum absolute atomic E-state index is 0.160. The Labute approximate surface area is 272 Å². The van der Waals surface area contributed by atoms with Crippen LogP contribution in [0.4, 0.5) is 26.9 Å². The van der Waals surface area contributed by atoms with Crippen molar-refractivity contribution in [3.63, 3.8) is 0 Å². The fourth-order valence-electron chi connectivity index (χ4n) is 5.28. The zero-order valence-electron chi connectivity index (χ0n) is 26.3. The number of urea groups is 2. The van der Waals surface area contributed by atoms with Crippen LogP contribution in [0.2, 0.25) is 0 Å². The number of anilines is 3. The number of hydrogen-bond donors (Lipinski definition) is 3. The van der Waals surface area contributed by atoms with E-state index in [2.05, 4.69) is 41.7 Å². The quantitative estimate of drug-likeness (QED) is 0.155. The summed E-state index contributed by atoms with van der Waals surface area (Å²) >= 11 is 1.67. The molecule has 0 spiro atoms. The predicted octanol–water partition coefficient (Wildman–Crippen LogP) is 8.50. The van der Waals surface area contributed by atoms with Gasteiger partial charge in [-0.2, -0.15) is 5.10 Å². The van der Waals surface area contributed by atoms with Gasteiger partial charge in [0.15, 0.2) is 0 Å². The third-order valence-corrected chi connectivity index (χ3v) is 8.50. The van der Waals surface area contributed by atoms with E-state index in [9.17, 15) is 9.59 Å². The zero-order valence-corrected chi connectivity index (χ0v) is 27.1. The van der Waals surface area contributed by atoms with Crippen molar-refractivity contribution in [2.75, 3.05) is 35.3 Å². The van der Waals surface area contributed by atoms with Gasteiger partial charge in [0, 0.05) is 52.5 Å². The van der Waals surface area contributed by atoms with Gasteiger partial charge in [0.2, 0.25) is 0 Å². The highest BCUT2D eigenvalue weighted by molar-refractivity contribution is 7.98. The van der Waals surface area contributed by atoms with Gasteiger partial charge in [-0.3, -0.25) is 10.6 Å². The summed E-state index contributed by atoms with van der Waals surface area (Å²) in [4.78, 5) is 33.2. The van der Waals surface area contributed by atoms with Crippen LogP contribution in [0.25, 0.3) is 16.5 Å². The number of aromatic nitrogens is 3. The van der Waals surface area contributed by atoms with Crippen molar-refractivity contribution < 1.29 is 14.3 Å². The van der Waals surface area contributed by atoms with Crippen LogP contribution in [0.1, 0.15) is 39.3 Å². The van der Waals surface area contributed by atoms with Crippen molar-refractivity contribution >= 4 is 51.9 Å². The summed E-state index contributed by atoms with van der Waals surface area (Å²) < 4.78 is 8.02. The van der Waals surface area contributed by atoms with Crippen LogP contribution in [0, 0.1) is 0 Å². The third-order valence-electron chi connectivity index (χ3n) is 7.76. The van der Waals surface area contributed by atoms with Crippen LogP contribution in [0.15, 0.2) is 90.0 Å². The van der Waals surface area contributed by atoms with Crippen LogP contribution >= 0.6 is 11.8 Å². The molecule has 5 aromatic rings. The minimum atomic E-state index is -0.395. The van der Waals surface area contributed by atoms with Gasteiger partial charge < -0.3 is 15.0 Å². The molecular weight excluding hydrogens is 598 g/mol. The summed E-state index contributed by atoms with van der Waals surface area (Å²) in [5, 5.41) is 15.3. The van der Waals surface area contributed by atoms with E-state index in [1.807, 2.05) is 73.0 Å². The smallest absolute Gasteiger partial charge is 0.324 e. The average Bonchev–Trinajstić information content (AvgIpc) is 3.74. The SMILES string of the molecule is CSc1ccc(-n2nc(C(C)(C)C)cc2NC(=O)Nc2ccc(Oc3ccnc(NC(=O)N4CCCC4)c3)c3ccccc23)cc1. The monoisotopic (exact) mass is 635 g/mol. The van der Waals surface area contributed by atoms with E-state index in [0.717, 1.165) is 53.0 Å². The summed E-state index contributed by atoms with van der Waals surface area (Å²) in [5.74, 6) is 2.12. The second-order valence-corrected chi connectivity index (χ2v) is 13.0. The van der Waals surface area contributed by atoms with E-state index in [4.69, 9.17) is 9.84 Å². The minimum Gasteiger partial charge on any atom is -0.457 e. The van der Waals surface area contributed by atoms with Gasteiger partial charge >= 0.3 is 12.1 Å². The Bertz CT molecular complexity index is 1880. The molecule has 4 amide bonds. The number of nitrogens with zero attached hydrogens (tertiary/aromatic N) is 4. The molecule has 0 saturated carbocycles. The first-order valence-corrected chi connectivity index (χ1v) is 16.4. The molecule has 0 aliphatic carbocycles. The van der Waals surface area contributed by atoms with Gasteiger partial charge in [0.1, 0.15) is 23.1 Å². The highest BCUT2D eigenvalue weighted by Gasteiger charge is 2.22. The second kappa shape index (κ2) is 13.1. The Balaban J connectivity index is 1.21. The van der Waals surface area contributed by atoms with E-state index in [-0.39, 0.29) is 11.4 Å². The Morgan fingerprint density at radius 1 is 0.870 bits per heavy atom. The Hall–Kier alpha value is -5.03. The lowest BCUT2D eigenvalue weighted by atomic mass is 9.92. The summed E-state index contributed by atoms with van der Waals surface area (Å²) in [5.41, 5.74) is 2.13. The third kappa shape index (κ3) is 6.94. The maximum atomic E-state index is 13.4. The fourth-order valence-corrected chi connectivity index (χ4v) is 5.68. The molecule has 2 aromatic heterocycles. The molecule has 0 unspecified atom stereocenters. The molecule has 1 saturated heterocycles. The number of likely N-dealkylation sites (tertiary alicyclic amines) is 1. The van der Waals surface area contributed by atoms with Crippen molar-refractivity contribution in [3.8, 4) is 17.2 Å². The number of carbonyl (C=O) groups excluding carboxylic acids is 2. The number of fused-ring (bicyclic) bond motifs is 1. The van der Waals surface area contributed by atoms with Gasteiger partial charge in [-0.05, 0) is 61.6 Å². The zero-order chi connectivity index (χ0) is 32.3. The van der Waals surface area contributed by atoms with E-state index < -0.39 is 6.03 Å². The van der Waals surface area contributed by atoms with E-state index >= 15 is 0 Å². The van der Waals surface area contributed by atoms with Crippen molar-refractivity contribution in [2.24, 2.45) is 0 Å². The predicted molar refractivity (Wildman–Crippen MR) is 185 cm³/mol. The fraction of sp³-hybridized carbons (Fsp3) is 0.257. The maximum Gasteiger partial charge on any atom is 0.324 e. The second-order valence-electron chi connectivity index (χ2n) is 12.1. The van der Waals surface area contributed by atoms with E-state index in [1.54, 1.807) is 39.7 Å². The number of benzene rings is 3. The Kier molecular flexibility index (Phi) is 8.85. The Morgan fingerprint density at radius 2 is 1.61 bits per heavy atom. The van der Waals surface area contributed by atoms with Crippen molar-refractivity contribution in [2.45, 2.75) is 43.9 Å². The molecule has 236 valence electrons. The van der Waals surface area contributed by atoms with Crippen LogP contribution in [0.3, 0.4) is 0 Å². The highest BCUT2D eigenvalue weighted by Crippen LogP contribution is 2.35. The van der Waals surface area contributed by atoms with Crippen LogP contribution in [-0.2, 0) is 5.41 Å². The van der Waals surface area contributed by atoms with Crippen molar-refractivity contribution in [1.29, 1.82) is 0 Å². The molecule has 0 atom stereocenters. The normalized spacial score (nSPS) is 13.1. The maximum absolute atomic E-state index is 13.4. The molecule has 1 aliphatic heterocycles. The lowest BCUT2D eigenvalue weighted by Gasteiger charge is -2.16. The summed E-state index contributed by atoms with van der Waals surface area (Å²) in [6.45, 7) is 7.77. The van der Waals surface area contributed by atoms with Crippen LogP contribution in [0.5, 0.6) is 11.5 Å². The number of hydrogen-bond acceptors (Lipinski definition) is 6. The molecule has 11 heteroatoms. The summed E-state index contributed by atoms with van der Waals surface area (Å²) in [7, 11) is 0. The highest BCUT2D eigenvalue weighted by atomic mass is 32.2. The molecular formula is C35H37N7O3S. The van der Waals surface area contributed by atoms with E-state index in [0.29, 0.717) is 28.8 Å². The van der Waals surface area contributed by atoms with Gasteiger partial charge in [-0.25, -0.2) is 19.3 Å². The lowest BCUT2D eigenvalue weighted by molar-refractivity contribution is 0.222. The number of carbonyl (C=O) groups is 2. The number of ether oxygens (including phenoxy) is 1. The molecule has 3 heterocycles. The van der Waals surface area contributed by atoms with Gasteiger partial charge in [-0.15, -0.1) is 11.8 Å². The topological polar surface area (TPSA) is 113 Å². The number of nitrogens with one attached hydrogen (secondary N) is 3. The molecule has 3 aromatic carbocycles. The first-order valence-electron chi connectivity index (χ1n) is 15.2. The van der Waals surface area contributed by atoms with Crippen molar-refractivity contribution in [1.82, 2.24) is 19.7 Å². The lowest BCUT2D eigenvalue weighted by Crippen LogP contribution is -2.32. The standard InChI is InChI=1S/C35H37N7O3S/c1-35(2,3)30-22-32(42(40-30)23-11-13-25(46-4)14-12-23)39-33(43)37-28-15-16-29(27-10-6-5-9-26(27)28)45-24-17-18-36-31(21-24)38-34(44)41-19-7-8-20-41/h5-6,9-18,21-22H,7-8,19-20H2,1-4H3,(H,36,38,44)(H2,37,39,43). The van der Waals surface area contributed by atoms with Gasteiger partial charge in [-0.1, -0.05) is 45.0 Å². The first kappa shape index (κ1) is 31.0. The number of pyridine rings is 1. The van der Waals surface area contributed by atoms with Gasteiger partial charge in [0.25, 0.3) is 0 Å². The molecule has 6 rings (SSSR count). The molecule has 46 heavy (non-hydrogen) atoms. The molecule has 10 nitrogen and oxygen atoms in total. The largest absolute Gasteiger partial charge is 0.457 e. The van der Waals surface area contributed by atoms with Crippen molar-refractivity contribution in [3.05, 3.63) is 90.8 Å². The average molecular weight is 636 g/mol. The molecule has 0 radical (unpaired) electrons.